The summed E-state index contributed by atoms with van der Waals surface area (Å²) in [6, 6.07) is 3.24. The molecule has 1 saturated heterocycles. The van der Waals surface area contributed by atoms with Crippen molar-refractivity contribution < 1.29 is 9.59 Å². The Labute approximate surface area is 113 Å². The van der Waals surface area contributed by atoms with Gasteiger partial charge in [0.05, 0.1) is 6.54 Å². The third-order valence-electron chi connectivity index (χ3n) is 3.19. The minimum atomic E-state index is -0.462. The second-order valence-corrected chi connectivity index (χ2v) is 5.92. The lowest BCUT2D eigenvalue weighted by molar-refractivity contribution is -0.147. The summed E-state index contributed by atoms with van der Waals surface area (Å²) in [5, 5.41) is 2.78. The second-order valence-electron chi connectivity index (χ2n) is 5.92. The van der Waals surface area contributed by atoms with Crippen molar-refractivity contribution in [2.45, 2.75) is 33.4 Å². The summed E-state index contributed by atoms with van der Waals surface area (Å²) in [5.74, 6) is -0.127. The molecule has 1 aromatic heterocycles. The van der Waals surface area contributed by atoms with Gasteiger partial charge in [0, 0.05) is 18.9 Å². The molecule has 0 spiro atoms. The van der Waals surface area contributed by atoms with Gasteiger partial charge in [-0.05, 0) is 23.1 Å². The third-order valence-corrected chi connectivity index (χ3v) is 3.19. The van der Waals surface area contributed by atoms with Gasteiger partial charge in [0.1, 0.15) is 6.04 Å². The standard InChI is InChI=1S/C14H19N3O2/c1-14(2,3)12-13(19)17(9-11(18)16-12)8-10-4-6-15-7-5-10/h4-7,12H,8-9H2,1-3H3,(H,16,18). The fourth-order valence-corrected chi connectivity index (χ4v) is 2.13. The van der Waals surface area contributed by atoms with Gasteiger partial charge >= 0.3 is 0 Å². The minimum Gasteiger partial charge on any atom is -0.342 e. The normalized spacial score (nSPS) is 20.4. The summed E-state index contributed by atoms with van der Waals surface area (Å²) in [6.45, 7) is 6.42. The average Bonchev–Trinajstić information content (AvgIpc) is 2.33. The molecule has 2 rings (SSSR count). The van der Waals surface area contributed by atoms with Gasteiger partial charge in [-0.2, -0.15) is 0 Å². The molecule has 1 aromatic rings. The van der Waals surface area contributed by atoms with E-state index in [2.05, 4.69) is 10.3 Å². The molecule has 0 radical (unpaired) electrons. The number of aromatic nitrogens is 1. The van der Waals surface area contributed by atoms with E-state index in [0.717, 1.165) is 5.56 Å². The van der Waals surface area contributed by atoms with Crippen molar-refractivity contribution in [3.05, 3.63) is 30.1 Å². The summed E-state index contributed by atoms with van der Waals surface area (Å²) in [6.07, 6.45) is 3.37. The predicted octanol–water partition coefficient (Wildman–Crippen LogP) is 0.955. The maximum absolute atomic E-state index is 12.4. The van der Waals surface area contributed by atoms with Crippen molar-refractivity contribution in [1.82, 2.24) is 15.2 Å². The van der Waals surface area contributed by atoms with Gasteiger partial charge in [0.25, 0.3) is 0 Å². The largest absolute Gasteiger partial charge is 0.342 e. The summed E-state index contributed by atoms with van der Waals surface area (Å²) in [5.41, 5.74) is 0.689. The number of piperazine rings is 1. The van der Waals surface area contributed by atoms with Crippen molar-refractivity contribution in [3.8, 4) is 0 Å². The van der Waals surface area contributed by atoms with Crippen LogP contribution in [0.4, 0.5) is 0 Å². The number of nitrogens with zero attached hydrogens (tertiary/aromatic N) is 2. The number of rotatable bonds is 2. The van der Waals surface area contributed by atoms with Crippen molar-refractivity contribution in [1.29, 1.82) is 0 Å². The Kier molecular flexibility index (Phi) is 3.55. The quantitative estimate of drug-likeness (QED) is 0.862. The van der Waals surface area contributed by atoms with Crippen LogP contribution in [0.5, 0.6) is 0 Å². The summed E-state index contributed by atoms with van der Waals surface area (Å²) < 4.78 is 0. The highest BCUT2D eigenvalue weighted by molar-refractivity contribution is 5.95. The van der Waals surface area contributed by atoms with Crippen LogP contribution < -0.4 is 5.32 Å². The highest BCUT2D eigenvalue weighted by Gasteiger charge is 2.39. The molecule has 19 heavy (non-hydrogen) atoms. The summed E-state index contributed by atoms with van der Waals surface area (Å²) in [7, 11) is 0. The fourth-order valence-electron chi connectivity index (χ4n) is 2.13. The van der Waals surface area contributed by atoms with Gasteiger partial charge in [-0.15, -0.1) is 0 Å². The predicted molar refractivity (Wildman–Crippen MR) is 71.0 cm³/mol. The lowest BCUT2D eigenvalue weighted by atomic mass is 9.84. The number of carbonyl (C=O) groups is 2. The Balaban J connectivity index is 2.16. The second kappa shape index (κ2) is 4.99. The first-order chi connectivity index (χ1) is 8.88. The molecule has 0 bridgehead atoms. The Morgan fingerprint density at radius 3 is 2.53 bits per heavy atom. The van der Waals surface area contributed by atoms with Crippen LogP contribution in [0.1, 0.15) is 26.3 Å². The first-order valence-corrected chi connectivity index (χ1v) is 6.35. The SMILES string of the molecule is CC(C)(C)C1NC(=O)CN(Cc2ccncc2)C1=O. The van der Waals surface area contributed by atoms with E-state index >= 15 is 0 Å². The molecule has 1 N–H and O–H groups in total. The first kappa shape index (κ1) is 13.5. The van der Waals surface area contributed by atoms with Gasteiger partial charge in [0.15, 0.2) is 0 Å². The van der Waals surface area contributed by atoms with Crippen molar-refractivity contribution in [3.63, 3.8) is 0 Å². The highest BCUT2D eigenvalue weighted by Crippen LogP contribution is 2.23. The van der Waals surface area contributed by atoms with E-state index in [9.17, 15) is 9.59 Å². The van der Waals surface area contributed by atoms with Crippen LogP contribution in [0.25, 0.3) is 0 Å². The molecule has 1 atom stereocenters. The molecular formula is C14H19N3O2. The van der Waals surface area contributed by atoms with Crippen LogP contribution in [0.2, 0.25) is 0 Å². The Morgan fingerprint density at radius 2 is 1.95 bits per heavy atom. The van der Waals surface area contributed by atoms with Crippen LogP contribution in [0.15, 0.2) is 24.5 Å². The van der Waals surface area contributed by atoms with E-state index in [-0.39, 0.29) is 23.8 Å². The van der Waals surface area contributed by atoms with E-state index in [0.29, 0.717) is 6.54 Å². The van der Waals surface area contributed by atoms with Gasteiger partial charge < -0.3 is 10.2 Å². The molecule has 5 heteroatoms. The molecule has 0 saturated carbocycles. The minimum absolute atomic E-state index is 0.0242. The van der Waals surface area contributed by atoms with E-state index in [1.807, 2.05) is 32.9 Å². The monoisotopic (exact) mass is 261 g/mol. The summed E-state index contributed by atoms with van der Waals surface area (Å²) in [4.78, 5) is 29.7. The first-order valence-electron chi connectivity index (χ1n) is 6.35. The average molecular weight is 261 g/mol. The number of hydrogen-bond donors (Lipinski definition) is 1. The molecule has 1 unspecified atom stereocenters. The van der Waals surface area contributed by atoms with Gasteiger partial charge in [0.2, 0.25) is 11.8 Å². The van der Waals surface area contributed by atoms with E-state index in [1.54, 1.807) is 17.3 Å². The fraction of sp³-hybridized carbons (Fsp3) is 0.500. The molecule has 1 aliphatic rings. The van der Waals surface area contributed by atoms with E-state index in [1.165, 1.54) is 0 Å². The molecule has 0 aromatic carbocycles. The van der Waals surface area contributed by atoms with Gasteiger partial charge in [-0.1, -0.05) is 20.8 Å². The zero-order valence-electron chi connectivity index (χ0n) is 11.5. The van der Waals surface area contributed by atoms with Crippen molar-refractivity contribution in [2.75, 3.05) is 6.54 Å². The number of pyridine rings is 1. The molecule has 0 aliphatic carbocycles. The van der Waals surface area contributed by atoms with Crippen molar-refractivity contribution in [2.24, 2.45) is 5.41 Å². The number of amides is 2. The van der Waals surface area contributed by atoms with E-state index in [4.69, 9.17) is 0 Å². The lowest BCUT2D eigenvalue weighted by Gasteiger charge is -2.38. The highest BCUT2D eigenvalue weighted by atomic mass is 16.2. The molecule has 5 nitrogen and oxygen atoms in total. The van der Waals surface area contributed by atoms with Crippen LogP contribution in [-0.2, 0) is 16.1 Å². The van der Waals surface area contributed by atoms with E-state index < -0.39 is 6.04 Å². The molecule has 1 aliphatic heterocycles. The molecule has 102 valence electrons. The van der Waals surface area contributed by atoms with Crippen LogP contribution in [0.3, 0.4) is 0 Å². The molecule has 2 amide bonds. The van der Waals surface area contributed by atoms with Gasteiger partial charge in [-0.25, -0.2) is 0 Å². The van der Waals surface area contributed by atoms with Crippen LogP contribution in [0, 0.1) is 5.41 Å². The third kappa shape index (κ3) is 3.10. The molecular weight excluding hydrogens is 242 g/mol. The van der Waals surface area contributed by atoms with Crippen LogP contribution in [-0.4, -0.2) is 34.3 Å². The Hall–Kier alpha value is -1.91. The topological polar surface area (TPSA) is 62.3 Å². The number of hydrogen-bond acceptors (Lipinski definition) is 3. The maximum atomic E-state index is 12.4. The Bertz CT molecular complexity index is 479. The smallest absolute Gasteiger partial charge is 0.246 e. The van der Waals surface area contributed by atoms with Crippen molar-refractivity contribution >= 4 is 11.8 Å². The van der Waals surface area contributed by atoms with Gasteiger partial charge in [-0.3, -0.25) is 14.6 Å². The lowest BCUT2D eigenvalue weighted by Crippen LogP contribution is -2.61. The Morgan fingerprint density at radius 1 is 1.32 bits per heavy atom. The zero-order valence-corrected chi connectivity index (χ0v) is 11.5. The zero-order chi connectivity index (χ0) is 14.0. The summed E-state index contributed by atoms with van der Waals surface area (Å²) >= 11 is 0. The maximum Gasteiger partial charge on any atom is 0.246 e. The number of carbonyl (C=O) groups excluding carboxylic acids is 2. The molecule has 2 heterocycles. The van der Waals surface area contributed by atoms with Crippen LogP contribution >= 0.6 is 0 Å². The molecule has 1 fully saturated rings. The number of nitrogens with one attached hydrogen (secondary N) is 1.